The number of imidazole rings is 1. The van der Waals surface area contributed by atoms with Gasteiger partial charge in [-0.15, -0.1) is 0 Å². The van der Waals surface area contributed by atoms with E-state index in [2.05, 4.69) is 10.3 Å². The fourth-order valence-corrected chi connectivity index (χ4v) is 2.01. The van der Waals surface area contributed by atoms with E-state index in [4.69, 9.17) is 0 Å². The van der Waals surface area contributed by atoms with Gasteiger partial charge in [-0.25, -0.2) is 4.98 Å². The van der Waals surface area contributed by atoms with Crippen LogP contribution in [0.3, 0.4) is 0 Å². The SMILES string of the molecule is CCCNCc1cncn1C1(C(F)(F)F)CC1. The van der Waals surface area contributed by atoms with Crippen LogP contribution in [0.4, 0.5) is 13.2 Å². The first kappa shape index (κ1) is 12.4. The molecule has 1 fully saturated rings. The van der Waals surface area contributed by atoms with Gasteiger partial charge >= 0.3 is 6.18 Å². The first-order chi connectivity index (χ1) is 8.01. The average molecular weight is 247 g/mol. The summed E-state index contributed by atoms with van der Waals surface area (Å²) >= 11 is 0. The maximum atomic E-state index is 13.0. The molecule has 1 aromatic rings. The number of nitrogens with zero attached hydrogens (tertiary/aromatic N) is 2. The monoisotopic (exact) mass is 247 g/mol. The Bertz CT molecular complexity index is 380. The lowest BCUT2D eigenvalue weighted by atomic mass is 10.2. The van der Waals surface area contributed by atoms with E-state index in [1.54, 1.807) is 0 Å². The summed E-state index contributed by atoms with van der Waals surface area (Å²) in [5, 5.41) is 3.10. The number of hydrogen-bond acceptors (Lipinski definition) is 2. The van der Waals surface area contributed by atoms with Crippen molar-refractivity contribution in [3.63, 3.8) is 0 Å². The van der Waals surface area contributed by atoms with E-state index in [0.717, 1.165) is 13.0 Å². The van der Waals surface area contributed by atoms with Crippen LogP contribution < -0.4 is 5.32 Å². The standard InChI is InChI=1S/C11H16F3N3/c1-2-5-15-6-9-7-16-8-17(9)10(3-4-10)11(12,13)14/h7-8,15H,2-6H2,1H3. The third-order valence-electron chi connectivity index (χ3n) is 3.16. The minimum absolute atomic E-state index is 0.160. The number of hydrogen-bond donors (Lipinski definition) is 1. The molecule has 1 N–H and O–H groups in total. The second-order valence-corrected chi connectivity index (χ2v) is 4.46. The first-order valence-corrected chi connectivity index (χ1v) is 5.80. The molecule has 2 rings (SSSR count). The highest BCUT2D eigenvalue weighted by molar-refractivity contribution is 5.13. The molecule has 96 valence electrons. The van der Waals surface area contributed by atoms with E-state index < -0.39 is 11.7 Å². The lowest BCUT2D eigenvalue weighted by Crippen LogP contribution is -2.36. The number of nitrogens with one attached hydrogen (secondary N) is 1. The number of alkyl halides is 3. The van der Waals surface area contributed by atoms with Crippen molar-refractivity contribution in [3.05, 3.63) is 18.2 Å². The van der Waals surface area contributed by atoms with Crippen molar-refractivity contribution < 1.29 is 13.2 Å². The summed E-state index contributed by atoms with van der Waals surface area (Å²) in [6, 6.07) is 0. The predicted octanol–water partition coefficient (Wildman–Crippen LogP) is 2.43. The van der Waals surface area contributed by atoms with Crippen molar-refractivity contribution in [1.29, 1.82) is 0 Å². The van der Waals surface area contributed by atoms with E-state index in [9.17, 15) is 13.2 Å². The molecule has 3 nitrogen and oxygen atoms in total. The Morgan fingerprint density at radius 2 is 2.18 bits per heavy atom. The van der Waals surface area contributed by atoms with Crippen LogP contribution in [-0.4, -0.2) is 22.3 Å². The van der Waals surface area contributed by atoms with Gasteiger partial charge in [-0.05, 0) is 25.8 Å². The van der Waals surface area contributed by atoms with Gasteiger partial charge in [-0.3, -0.25) is 0 Å². The van der Waals surface area contributed by atoms with Gasteiger partial charge in [0, 0.05) is 12.7 Å². The Balaban J connectivity index is 2.14. The van der Waals surface area contributed by atoms with E-state index in [0.29, 0.717) is 12.2 Å². The molecule has 17 heavy (non-hydrogen) atoms. The molecule has 1 saturated carbocycles. The Morgan fingerprint density at radius 3 is 2.71 bits per heavy atom. The molecular weight excluding hydrogens is 231 g/mol. The minimum atomic E-state index is -4.19. The van der Waals surface area contributed by atoms with Crippen molar-refractivity contribution >= 4 is 0 Å². The molecule has 0 spiro atoms. The fraction of sp³-hybridized carbons (Fsp3) is 0.727. The third-order valence-corrected chi connectivity index (χ3v) is 3.16. The predicted molar refractivity (Wildman–Crippen MR) is 57.5 cm³/mol. The van der Waals surface area contributed by atoms with Crippen LogP contribution in [-0.2, 0) is 12.1 Å². The number of rotatable bonds is 5. The van der Waals surface area contributed by atoms with Gasteiger partial charge < -0.3 is 9.88 Å². The largest absolute Gasteiger partial charge is 0.411 e. The molecule has 0 radical (unpaired) electrons. The Labute approximate surface area is 98.0 Å². The summed E-state index contributed by atoms with van der Waals surface area (Å²) in [7, 11) is 0. The molecule has 0 aliphatic heterocycles. The summed E-state index contributed by atoms with van der Waals surface area (Å²) in [6.45, 7) is 3.25. The molecular formula is C11H16F3N3. The zero-order valence-corrected chi connectivity index (χ0v) is 9.72. The van der Waals surface area contributed by atoms with Crippen molar-refractivity contribution in [3.8, 4) is 0 Å². The highest BCUT2D eigenvalue weighted by Gasteiger charge is 2.65. The van der Waals surface area contributed by atoms with Crippen LogP contribution in [0.2, 0.25) is 0 Å². The van der Waals surface area contributed by atoms with Gasteiger partial charge in [0.15, 0.2) is 0 Å². The third kappa shape index (κ3) is 2.18. The highest BCUT2D eigenvalue weighted by Crippen LogP contribution is 2.55. The number of halogens is 3. The van der Waals surface area contributed by atoms with E-state index in [1.165, 1.54) is 17.1 Å². The van der Waals surface area contributed by atoms with Crippen LogP contribution in [0.25, 0.3) is 0 Å². The van der Waals surface area contributed by atoms with Gasteiger partial charge in [-0.2, -0.15) is 13.2 Å². The van der Waals surface area contributed by atoms with Crippen LogP contribution in [0.1, 0.15) is 31.9 Å². The highest BCUT2D eigenvalue weighted by atomic mass is 19.4. The molecule has 1 aliphatic carbocycles. The summed E-state index contributed by atoms with van der Waals surface area (Å²) in [6.07, 6.45) is -0.106. The molecule has 1 aliphatic rings. The summed E-state index contributed by atoms with van der Waals surface area (Å²) in [5.74, 6) is 0. The van der Waals surface area contributed by atoms with Gasteiger partial charge in [-0.1, -0.05) is 6.92 Å². The van der Waals surface area contributed by atoms with Gasteiger partial charge in [0.1, 0.15) is 5.54 Å². The Morgan fingerprint density at radius 1 is 1.47 bits per heavy atom. The molecule has 0 unspecified atom stereocenters. The Hall–Kier alpha value is -1.04. The summed E-state index contributed by atoms with van der Waals surface area (Å²) < 4.78 is 40.2. The van der Waals surface area contributed by atoms with E-state index >= 15 is 0 Å². The lowest BCUT2D eigenvalue weighted by molar-refractivity contribution is -0.180. The van der Waals surface area contributed by atoms with E-state index in [-0.39, 0.29) is 12.8 Å². The average Bonchev–Trinajstić information content (AvgIpc) is 2.94. The Kier molecular flexibility index (Phi) is 3.16. The zero-order valence-electron chi connectivity index (χ0n) is 9.72. The second kappa shape index (κ2) is 4.33. The normalized spacial score (nSPS) is 18.4. The van der Waals surface area contributed by atoms with E-state index in [1.807, 2.05) is 6.92 Å². The lowest BCUT2D eigenvalue weighted by Gasteiger charge is -2.23. The maximum Gasteiger partial charge on any atom is 0.411 e. The van der Waals surface area contributed by atoms with Gasteiger partial charge in [0.05, 0.1) is 12.0 Å². The van der Waals surface area contributed by atoms with Crippen LogP contribution in [0, 0.1) is 0 Å². The minimum Gasteiger partial charge on any atom is -0.318 e. The van der Waals surface area contributed by atoms with Crippen LogP contribution in [0.15, 0.2) is 12.5 Å². The van der Waals surface area contributed by atoms with Crippen molar-refractivity contribution in [2.24, 2.45) is 0 Å². The smallest absolute Gasteiger partial charge is 0.318 e. The van der Waals surface area contributed by atoms with Crippen molar-refractivity contribution in [2.75, 3.05) is 6.54 Å². The molecule has 6 heteroatoms. The van der Waals surface area contributed by atoms with Crippen LogP contribution >= 0.6 is 0 Å². The first-order valence-electron chi connectivity index (χ1n) is 5.80. The molecule has 0 amide bonds. The quantitative estimate of drug-likeness (QED) is 0.810. The molecule has 1 aromatic heterocycles. The maximum absolute atomic E-state index is 13.0. The molecule has 1 heterocycles. The van der Waals surface area contributed by atoms with Crippen molar-refractivity contribution in [2.45, 2.75) is 44.4 Å². The molecule has 0 aromatic carbocycles. The molecule has 0 bridgehead atoms. The summed E-state index contributed by atoms with van der Waals surface area (Å²) in [4.78, 5) is 3.84. The topological polar surface area (TPSA) is 29.9 Å². The van der Waals surface area contributed by atoms with Crippen LogP contribution in [0.5, 0.6) is 0 Å². The molecule has 0 atom stereocenters. The van der Waals surface area contributed by atoms with Gasteiger partial charge in [0.25, 0.3) is 0 Å². The van der Waals surface area contributed by atoms with Gasteiger partial charge in [0.2, 0.25) is 0 Å². The fourth-order valence-electron chi connectivity index (χ4n) is 2.01. The zero-order chi connectivity index (χ0) is 12.5. The van der Waals surface area contributed by atoms with Crippen molar-refractivity contribution in [1.82, 2.24) is 14.9 Å². The number of aromatic nitrogens is 2. The second-order valence-electron chi connectivity index (χ2n) is 4.46. The summed E-state index contributed by atoms with van der Waals surface area (Å²) in [5.41, 5.74) is -1.08. The molecule has 0 saturated heterocycles.